The molecule has 1 aliphatic carbocycles. The van der Waals surface area contributed by atoms with Gasteiger partial charge in [0, 0.05) is 0 Å². The Morgan fingerprint density at radius 3 is 2.82 bits per heavy atom. The fourth-order valence-electron chi connectivity index (χ4n) is 1.94. The molecule has 0 saturated heterocycles. The van der Waals surface area contributed by atoms with E-state index < -0.39 is 11.4 Å². The Balaban J connectivity index is 2.03. The Kier molecular flexibility index (Phi) is 3.07. The quantitative estimate of drug-likeness (QED) is 0.807. The van der Waals surface area contributed by atoms with Crippen molar-refractivity contribution < 1.29 is 9.53 Å². The van der Waals surface area contributed by atoms with Gasteiger partial charge < -0.3 is 16.2 Å². The van der Waals surface area contributed by atoms with Crippen LogP contribution in [0, 0.1) is 0 Å². The maximum Gasteiger partial charge on any atom is 0.240 e. The molecule has 0 aromatic heterocycles. The van der Waals surface area contributed by atoms with Crippen LogP contribution in [0.5, 0.6) is 5.75 Å². The SMILES string of the molecule is CC(N)(COc1ccc2c(c1)CCC2)C(N)=O. The van der Waals surface area contributed by atoms with Gasteiger partial charge in [-0.05, 0) is 49.4 Å². The van der Waals surface area contributed by atoms with Crippen LogP contribution in [-0.2, 0) is 17.6 Å². The summed E-state index contributed by atoms with van der Waals surface area (Å²) in [6.07, 6.45) is 3.45. The summed E-state index contributed by atoms with van der Waals surface area (Å²) in [5.74, 6) is 0.197. The van der Waals surface area contributed by atoms with Crippen molar-refractivity contribution >= 4 is 5.91 Å². The van der Waals surface area contributed by atoms with Crippen LogP contribution < -0.4 is 16.2 Å². The highest BCUT2D eigenvalue weighted by Gasteiger charge is 2.26. The van der Waals surface area contributed by atoms with Gasteiger partial charge in [0.25, 0.3) is 0 Å². The van der Waals surface area contributed by atoms with E-state index in [-0.39, 0.29) is 6.61 Å². The maximum absolute atomic E-state index is 11.0. The Morgan fingerprint density at radius 2 is 2.12 bits per heavy atom. The standard InChI is InChI=1S/C13H18N2O2/c1-13(15,12(14)16)8-17-11-6-5-9-3-2-4-10(9)7-11/h5-7H,2-4,8,15H2,1H3,(H2,14,16). The number of hydrogen-bond donors (Lipinski definition) is 2. The minimum atomic E-state index is -1.13. The molecule has 1 unspecified atom stereocenters. The van der Waals surface area contributed by atoms with Crippen LogP contribution >= 0.6 is 0 Å². The first-order valence-electron chi connectivity index (χ1n) is 5.82. The van der Waals surface area contributed by atoms with Gasteiger partial charge in [0.05, 0.1) is 0 Å². The van der Waals surface area contributed by atoms with E-state index in [1.165, 1.54) is 17.5 Å². The summed E-state index contributed by atoms with van der Waals surface area (Å²) in [5, 5.41) is 0. The molecule has 0 saturated carbocycles. The largest absolute Gasteiger partial charge is 0.491 e. The summed E-state index contributed by atoms with van der Waals surface area (Å²) >= 11 is 0. The maximum atomic E-state index is 11.0. The number of carbonyl (C=O) groups excluding carboxylic acids is 1. The summed E-state index contributed by atoms with van der Waals surface area (Å²) in [4.78, 5) is 11.0. The van der Waals surface area contributed by atoms with Gasteiger partial charge in [-0.3, -0.25) is 4.79 Å². The second-order valence-corrected chi connectivity index (χ2v) is 4.85. The van der Waals surface area contributed by atoms with Crippen LogP contribution in [0.25, 0.3) is 0 Å². The molecule has 1 amide bonds. The zero-order valence-electron chi connectivity index (χ0n) is 10.0. The molecule has 0 heterocycles. The van der Waals surface area contributed by atoms with Crippen molar-refractivity contribution in [1.82, 2.24) is 0 Å². The first-order valence-corrected chi connectivity index (χ1v) is 5.82. The summed E-state index contributed by atoms with van der Waals surface area (Å²) in [6, 6.07) is 6.02. The number of rotatable bonds is 4. The number of benzene rings is 1. The van der Waals surface area contributed by atoms with E-state index in [0.29, 0.717) is 0 Å². The zero-order valence-corrected chi connectivity index (χ0v) is 10.0. The Hall–Kier alpha value is -1.55. The van der Waals surface area contributed by atoms with Gasteiger partial charge in [-0.15, -0.1) is 0 Å². The van der Waals surface area contributed by atoms with Gasteiger partial charge in [-0.1, -0.05) is 6.07 Å². The lowest BCUT2D eigenvalue weighted by Gasteiger charge is -2.20. The smallest absolute Gasteiger partial charge is 0.240 e. The van der Waals surface area contributed by atoms with Crippen molar-refractivity contribution in [2.24, 2.45) is 11.5 Å². The van der Waals surface area contributed by atoms with Crippen molar-refractivity contribution in [2.75, 3.05) is 6.61 Å². The first kappa shape index (κ1) is 11.9. The third-order valence-corrected chi connectivity index (χ3v) is 3.17. The zero-order chi connectivity index (χ0) is 12.5. The van der Waals surface area contributed by atoms with Crippen molar-refractivity contribution in [3.8, 4) is 5.75 Å². The average molecular weight is 234 g/mol. The van der Waals surface area contributed by atoms with E-state index in [1.807, 2.05) is 12.1 Å². The van der Waals surface area contributed by atoms with E-state index in [4.69, 9.17) is 16.2 Å². The predicted molar refractivity (Wildman–Crippen MR) is 65.7 cm³/mol. The van der Waals surface area contributed by atoms with E-state index in [2.05, 4.69) is 6.07 Å². The van der Waals surface area contributed by atoms with E-state index >= 15 is 0 Å². The molecule has 4 N–H and O–H groups in total. The van der Waals surface area contributed by atoms with Crippen LogP contribution in [0.2, 0.25) is 0 Å². The van der Waals surface area contributed by atoms with Crippen LogP contribution in [0.1, 0.15) is 24.5 Å². The Morgan fingerprint density at radius 1 is 1.41 bits per heavy atom. The van der Waals surface area contributed by atoms with Gasteiger partial charge >= 0.3 is 0 Å². The second-order valence-electron chi connectivity index (χ2n) is 4.85. The lowest BCUT2D eigenvalue weighted by Crippen LogP contribution is -2.53. The fraction of sp³-hybridized carbons (Fsp3) is 0.462. The Bertz CT molecular complexity index is 441. The molecule has 0 bridgehead atoms. The number of nitrogens with two attached hydrogens (primary N) is 2. The van der Waals surface area contributed by atoms with Gasteiger partial charge in [0.2, 0.25) is 5.91 Å². The number of primary amides is 1. The molecule has 4 heteroatoms. The van der Waals surface area contributed by atoms with E-state index in [1.54, 1.807) is 6.92 Å². The minimum Gasteiger partial charge on any atom is -0.491 e. The molecule has 17 heavy (non-hydrogen) atoms. The van der Waals surface area contributed by atoms with Crippen molar-refractivity contribution in [1.29, 1.82) is 0 Å². The summed E-state index contributed by atoms with van der Waals surface area (Å²) < 4.78 is 5.53. The molecule has 2 rings (SSSR count). The molecule has 0 spiro atoms. The molecule has 1 atom stereocenters. The van der Waals surface area contributed by atoms with Crippen molar-refractivity contribution in [2.45, 2.75) is 31.7 Å². The topological polar surface area (TPSA) is 78.3 Å². The fourth-order valence-corrected chi connectivity index (χ4v) is 1.94. The van der Waals surface area contributed by atoms with Crippen LogP contribution in [0.15, 0.2) is 18.2 Å². The number of ether oxygens (including phenoxy) is 1. The number of aryl methyl sites for hydroxylation is 2. The lowest BCUT2D eigenvalue weighted by molar-refractivity contribution is -0.123. The van der Waals surface area contributed by atoms with Gasteiger partial charge in [-0.25, -0.2) is 0 Å². The molecule has 1 aliphatic rings. The third kappa shape index (κ3) is 2.58. The van der Waals surface area contributed by atoms with Gasteiger partial charge in [-0.2, -0.15) is 0 Å². The molecule has 0 radical (unpaired) electrons. The van der Waals surface area contributed by atoms with E-state index in [9.17, 15) is 4.79 Å². The molecule has 0 fully saturated rings. The van der Waals surface area contributed by atoms with Crippen LogP contribution in [-0.4, -0.2) is 18.1 Å². The first-order chi connectivity index (χ1) is 7.99. The van der Waals surface area contributed by atoms with Crippen LogP contribution in [0.4, 0.5) is 0 Å². The Labute approximate surface area is 101 Å². The van der Waals surface area contributed by atoms with Crippen molar-refractivity contribution in [3.63, 3.8) is 0 Å². The highest BCUT2D eigenvalue weighted by Crippen LogP contribution is 2.26. The number of carbonyl (C=O) groups is 1. The summed E-state index contributed by atoms with van der Waals surface area (Å²) in [6.45, 7) is 1.67. The molecular weight excluding hydrogens is 216 g/mol. The van der Waals surface area contributed by atoms with Gasteiger partial charge in [0.1, 0.15) is 17.9 Å². The molecule has 92 valence electrons. The molecule has 4 nitrogen and oxygen atoms in total. The van der Waals surface area contributed by atoms with E-state index in [0.717, 1.165) is 18.6 Å². The highest BCUT2D eigenvalue weighted by molar-refractivity contribution is 5.84. The summed E-state index contributed by atoms with van der Waals surface area (Å²) in [7, 11) is 0. The van der Waals surface area contributed by atoms with Gasteiger partial charge in [0.15, 0.2) is 0 Å². The molecule has 1 aromatic carbocycles. The highest BCUT2D eigenvalue weighted by atomic mass is 16.5. The molecule has 1 aromatic rings. The van der Waals surface area contributed by atoms with Crippen LogP contribution in [0.3, 0.4) is 0 Å². The van der Waals surface area contributed by atoms with Crippen molar-refractivity contribution in [3.05, 3.63) is 29.3 Å². The summed E-state index contributed by atoms with van der Waals surface area (Å²) in [5.41, 5.74) is 12.5. The number of amides is 1. The second kappa shape index (κ2) is 4.37. The minimum absolute atomic E-state index is 0.0983. The monoisotopic (exact) mass is 234 g/mol. The lowest BCUT2D eigenvalue weighted by atomic mass is 10.1. The normalized spacial score (nSPS) is 17.3. The average Bonchev–Trinajstić information content (AvgIpc) is 2.73. The number of fused-ring (bicyclic) bond motifs is 1. The molecule has 0 aliphatic heterocycles. The number of hydrogen-bond acceptors (Lipinski definition) is 3. The third-order valence-electron chi connectivity index (χ3n) is 3.17. The predicted octanol–water partition coefficient (Wildman–Crippen LogP) is 0.757. The molecular formula is C13H18N2O2.